The molecule has 0 aliphatic carbocycles. The van der Waals surface area contributed by atoms with E-state index in [1.807, 2.05) is 0 Å². The van der Waals surface area contributed by atoms with E-state index in [0.29, 0.717) is 34.2 Å². The molecule has 0 radical (unpaired) electrons. The Labute approximate surface area is 131 Å². The number of nitrogens with zero attached hydrogens (tertiary/aromatic N) is 1. The second-order valence-electron chi connectivity index (χ2n) is 3.93. The number of esters is 1. The third-order valence-corrected chi connectivity index (χ3v) is 3.86. The Hall–Kier alpha value is -1.79. The number of ether oxygens (including phenoxy) is 3. The lowest BCUT2D eigenvalue weighted by molar-refractivity contribution is 0.0532. The maximum atomic E-state index is 12.0. The Kier molecular flexibility index (Phi) is 5.03. The predicted octanol–water partition coefficient (Wildman–Crippen LogP) is 3.66. The first-order valence-corrected chi connectivity index (χ1v) is 7.36. The second kappa shape index (κ2) is 6.78. The smallest absolute Gasteiger partial charge is 0.350 e. The standard InChI is InChI=1S/C14H14ClNO4S/c1-4-20-13(17)12-11(16-14(15)21-12)8-5-6-9(18-2)10(7-8)19-3/h5-7H,4H2,1-3H3. The van der Waals surface area contributed by atoms with Gasteiger partial charge in [0, 0.05) is 5.56 Å². The van der Waals surface area contributed by atoms with Crippen LogP contribution in [-0.2, 0) is 4.74 Å². The Morgan fingerprint density at radius 2 is 2.00 bits per heavy atom. The molecule has 2 rings (SSSR count). The summed E-state index contributed by atoms with van der Waals surface area (Å²) in [5.41, 5.74) is 1.18. The van der Waals surface area contributed by atoms with Crippen molar-refractivity contribution in [2.24, 2.45) is 0 Å². The van der Waals surface area contributed by atoms with Gasteiger partial charge < -0.3 is 14.2 Å². The quantitative estimate of drug-likeness (QED) is 0.784. The molecule has 0 saturated heterocycles. The van der Waals surface area contributed by atoms with Gasteiger partial charge in [-0.15, -0.1) is 0 Å². The molecule has 2 aromatic rings. The Morgan fingerprint density at radius 3 is 2.62 bits per heavy atom. The van der Waals surface area contributed by atoms with E-state index in [2.05, 4.69) is 4.98 Å². The van der Waals surface area contributed by atoms with E-state index in [-0.39, 0.29) is 4.47 Å². The monoisotopic (exact) mass is 327 g/mol. The summed E-state index contributed by atoms with van der Waals surface area (Å²) in [6.45, 7) is 2.04. The number of methoxy groups -OCH3 is 2. The fourth-order valence-electron chi connectivity index (χ4n) is 1.81. The Balaban J connectivity index is 2.49. The number of hydrogen-bond acceptors (Lipinski definition) is 6. The fraction of sp³-hybridized carbons (Fsp3) is 0.286. The third-order valence-electron chi connectivity index (χ3n) is 2.72. The molecule has 0 atom stereocenters. The van der Waals surface area contributed by atoms with Crippen molar-refractivity contribution in [3.05, 3.63) is 27.5 Å². The number of hydrogen-bond donors (Lipinski definition) is 0. The van der Waals surface area contributed by atoms with E-state index >= 15 is 0 Å². The minimum absolute atomic E-state index is 0.280. The number of carbonyl (C=O) groups excluding carboxylic acids is 1. The number of rotatable bonds is 5. The molecule has 1 heterocycles. The van der Waals surface area contributed by atoms with E-state index in [1.54, 1.807) is 39.3 Å². The highest BCUT2D eigenvalue weighted by Crippen LogP contribution is 2.36. The largest absolute Gasteiger partial charge is 0.493 e. The minimum Gasteiger partial charge on any atom is -0.493 e. The van der Waals surface area contributed by atoms with Crippen molar-refractivity contribution in [3.8, 4) is 22.8 Å². The number of carbonyl (C=O) groups is 1. The maximum Gasteiger partial charge on any atom is 0.350 e. The van der Waals surface area contributed by atoms with Crippen molar-refractivity contribution in [3.63, 3.8) is 0 Å². The van der Waals surface area contributed by atoms with Crippen LogP contribution in [0.15, 0.2) is 18.2 Å². The lowest BCUT2D eigenvalue weighted by Crippen LogP contribution is -2.04. The molecule has 1 aromatic carbocycles. The highest BCUT2D eigenvalue weighted by Gasteiger charge is 2.21. The summed E-state index contributed by atoms with van der Waals surface area (Å²) >= 11 is 7.02. The van der Waals surface area contributed by atoms with Crippen LogP contribution < -0.4 is 9.47 Å². The molecule has 5 nitrogen and oxygen atoms in total. The van der Waals surface area contributed by atoms with Gasteiger partial charge in [-0.05, 0) is 25.1 Å². The number of thiazole rings is 1. The minimum atomic E-state index is -0.438. The van der Waals surface area contributed by atoms with Gasteiger partial charge in [-0.25, -0.2) is 9.78 Å². The van der Waals surface area contributed by atoms with Gasteiger partial charge >= 0.3 is 5.97 Å². The molecule has 0 saturated carbocycles. The van der Waals surface area contributed by atoms with Crippen molar-refractivity contribution in [2.75, 3.05) is 20.8 Å². The molecule has 0 unspecified atom stereocenters. The van der Waals surface area contributed by atoms with Gasteiger partial charge in [0.1, 0.15) is 4.88 Å². The maximum absolute atomic E-state index is 12.0. The first-order chi connectivity index (χ1) is 10.1. The van der Waals surface area contributed by atoms with Crippen LogP contribution in [0.4, 0.5) is 0 Å². The van der Waals surface area contributed by atoms with Crippen molar-refractivity contribution < 1.29 is 19.0 Å². The second-order valence-corrected chi connectivity index (χ2v) is 5.52. The van der Waals surface area contributed by atoms with E-state index in [4.69, 9.17) is 25.8 Å². The summed E-state index contributed by atoms with van der Waals surface area (Å²) in [4.78, 5) is 16.5. The number of benzene rings is 1. The molecule has 0 amide bonds. The van der Waals surface area contributed by atoms with Crippen LogP contribution in [0.2, 0.25) is 4.47 Å². The van der Waals surface area contributed by atoms with E-state index < -0.39 is 5.97 Å². The van der Waals surface area contributed by atoms with Gasteiger partial charge in [0.25, 0.3) is 0 Å². The van der Waals surface area contributed by atoms with Crippen LogP contribution in [-0.4, -0.2) is 31.8 Å². The van der Waals surface area contributed by atoms with Gasteiger partial charge in [-0.2, -0.15) is 0 Å². The Morgan fingerprint density at radius 1 is 1.29 bits per heavy atom. The van der Waals surface area contributed by atoms with Crippen LogP contribution >= 0.6 is 22.9 Å². The molecule has 0 aliphatic heterocycles. The lowest BCUT2D eigenvalue weighted by Gasteiger charge is -2.09. The molecule has 0 aliphatic rings. The van der Waals surface area contributed by atoms with Gasteiger partial charge in [-0.1, -0.05) is 22.9 Å². The highest BCUT2D eigenvalue weighted by atomic mass is 35.5. The summed E-state index contributed by atoms with van der Waals surface area (Å²) in [5, 5.41) is 0. The molecule has 21 heavy (non-hydrogen) atoms. The zero-order chi connectivity index (χ0) is 15.4. The molecular weight excluding hydrogens is 314 g/mol. The van der Waals surface area contributed by atoms with Crippen molar-refractivity contribution in [1.82, 2.24) is 4.98 Å². The Bertz CT molecular complexity index is 656. The summed E-state index contributed by atoms with van der Waals surface area (Å²) in [6, 6.07) is 5.28. The molecule has 0 N–H and O–H groups in total. The zero-order valence-electron chi connectivity index (χ0n) is 11.8. The van der Waals surface area contributed by atoms with Crippen LogP contribution in [0.1, 0.15) is 16.6 Å². The van der Waals surface area contributed by atoms with E-state index in [1.165, 1.54) is 0 Å². The average molecular weight is 328 g/mol. The van der Waals surface area contributed by atoms with Crippen LogP contribution in [0.3, 0.4) is 0 Å². The van der Waals surface area contributed by atoms with E-state index in [0.717, 1.165) is 11.3 Å². The van der Waals surface area contributed by atoms with E-state index in [9.17, 15) is 4.79 Å². The highest BCUT2D eigenvalue weighted by molar-refractivity contribution is 7.17. The first-order valence-electron chi connectivity index (χ1n) is 6.16. The van der Waals surface area contributed by atoms with Crippen molar-refractivity contribution >= 4 is 28.9 Å². The first kappa shape index (κ1) is 15.6. The summed E-state index contributed by atoms with van der Waals surface area (Å²) < 4.78 is 15.7. The third kappa shape index (κ3) is 3.28. The fourth-order valence-corrected chi connectivity index (χ4v) is 2.83. The normalized spacial score (nSPS) is 10.3. The van der Waals surface area contributed by atoms with Crippen molar-refractivity contribution in [1.29, 1.82) is 0 Å². The molecule has 1 aromatic heterocycles. The molecule has 112 valence electrons. The topological polar surface area (TPSA) is 57.7 Å². The summed E-state index contributed by atoms with van der Waals surface area (Å²) in [5.74, 6) is 0.709. The van der Waals surface area contributed by atoms with Gasteiger partial charge in [0.15, 0.2) is 16.0 Å². The molecule has 0 spiro atoms. The molecule has 7 heteroatoms. The SMILES string of the molecule is CCOC(=O)c1sc(Cl)nc1-c1ccc(OC)c(OC)c1. The number of aromatic nitrogens is 1. The van der Waals surface area contributed by atoms with Gasteiger partial charge in [-0.3, -0.25) is 0 Å². The van der Waals surface area contributed by atoms with Crippen LogP contribution in [0.5, 0.6) is 11.5 Å². The van der Waals surface area contributed by atoms with Gasteiger partial charge in [0.05, 0.1) is 26.5 Å². The van der Waals surface area contributed by atoms with Crippen molar-refractivity contribution in [2.45, 2.75) is 6.92 Å². The zero-order valence-corrected chi connectivity index (χ0v) is 13.4. The van der Waals surface area contributed by atoms with Crippen LogP contribution in [0, 0.1) is 0 Å². The van der Waals surface area contributed by atoms with Crippen LogP contribution in [0.25, 0.3) is 11.3 Å². The lowest BCUT2D eigenvalue weighted by atomic mass is 10.1. The summed E-state index contributed by atoms with van der Waals surface area (Å²) in [6.07, 6.45) is 0. The molecule has 0 fully saturated rings. The summed E-state index contributed by atoms with van der Waals surface area (Å²) in [7, 11) is 3.10. The predicted molar refractivity (Wildman–Crippen MR) is 81.6 cm³/mol. The molecule has 0 bridgehead atoms. The van der Waals surface area contributed by atoms with Gasteiger partial charge in [0.2, 0.25) is 0 Å². The average Bonchev–Trinajstić information content (AvgIpc) is 2.88. The molecular formula is C14H14ClNO4S. The number of halogens is 1.